The molecule has 0 saturated heterocycles. The van der Waals surface area contributed by atoms with Crippen molar-refractivity contribution in [2.24, 2.45) is 5.92 Å². The summed E-state index contributed by atoms with van der Waals surface area (Å²) >= 11 is 5.70. The van der Waals surface area contributed by atoms with Gasteiger partial charge in [0.2, 0.25) is 0 Å². The van der Waals surface area contributed by atoms with Crippen molar-refractivity contribution >= 4 is 11.6 Å². The summed E-state index contributed by atoms with van der Waals surface area (Å²) in [6.07, 6.45) is 5.58. The van der Waals surface area contributed by atoms with Gasteiger partial charge in [-0.3, -0.25) is 0 Å². The van der Waals surface area contributed by atoms with Crippen LogP contribution in [0, 0.1) is 5.92 Å². The smallest absolute Gasteiger partial charge is 0.151 e. The molecule has 4 heteroatoms. The molecule has 1 aliphatic rings. The van der Waals surface area contributed by atoms with Gasteiger partial charge in [-0.15, -0.1) is 5.10 Å². The Balaban J connectivity index is 1.81. The molecule has 1 heterocycles. The summed E-state index contributed by atoms with van der Waals surface area (Å²) in [5, 5.41) is 8.38. The van der Waals surface area contributed by atoms with Crippen molar-refractivity contribution in [2.45, 2.75) is 32.2 Å². The van der Waals surface area contributed by atoms with E-state index in [1.54, 1.807) is 6.07 Å². The fourth-order valence-electron chi connectivity index (χ4n) is 2.40. The second kappa shape index (κ2) is 5.60. The quantitative estimate of drug-likeness (QED) is 0.809. The highest BCUT2D eigenvalue weighted by molar-refractivity contribution is 6.29. The van der Waals surface area contributed by atoms with Gasteiger partial charge in [-0.2, -0.15) is 5.10 Å². The van der Waals surface area contributed by atoms with Crippen LogP contribution in [0.1, 0.15) is 31.4 Å². The zero-order chi connectivity index (χ0) is 11.4. The first-order valence-corrected chi connectivity index (χ1v) is 6.28. The molecule has 0 radical (unpaired) electrons. The molecular weight excluding hydrogens is 222 g/mol. The Kier molecular flexibility index (Phi) is 4.13. The summed E-state index contributed by atoms with van der Waals surface area (Å²) in [5.41, 5.74) is 0.991. The molecule has 2 rings (SSSR count). The average Bonchev–Trinajstić information content (AvgIpc) is 2.74. The van der Waals surface area contributed by atoms with Crippen LogP contribution in [0.15, 0.2) is 12.1 Å². The average molecular weight is 240 g/mol. The van der Waals surface area contributed by atoms with E-state index in [1.807, 2.05) is 6.07 Å². The Hall–Kier alpha value is -0.670. The van der Waals surface area contributed by atoms with Gasteiger partial charge in [0.15, 0.2) is 5.15 Å². The van der Waals surface area contributed by atoms with Crippen molar-refractivity contribution in [3.05, 3.63) is 23.0 Å². The number of rotatable bonds is 4. The van der Waals surface area contributed by atoms with Gasteiger partial charge in [-0.1, -0.05) is 24.4 Å². The van der Waals surface area contributed by atoms with Crippen LogP contribution in [-0.2, 0) is 6.54 Å². The van der Waals surface area contributed by atoms with E-state index in [0.717, 1.165) is 18.2 Å². The van der Waals surface area contributed by atoms with Gasteiger partial charge >= 0.3 is 0 Å². The van der Waals surface area contributed by atoms with Crippen LogP contribution in [-0.4, -0.2) is 28.7 Å². The minimum atomic E-state index is 0.460. The lowest BCUT2D eigenvalue weighted by Crippen LogP contribution is -2.24. The van der Waals surface area contributed by atoms with Gasteiger partial charge in [-0.05, 0) is 37.9 Å². The van der Waals surface area contributed by atoms with Crippen LogP contribution in [0.5, 0.6) is 0 Å². The highest BCUT2D eigenvalue weighted by atomic mass is 35.5. The molecule has 3 nitrogen and oxygen atoms in total. The highest BCUT2D eigenvalue weighted by Crippen LogP contribution is 2.25. The molecule has 1 aromatic rings. The van der Waals surface area contributed by atoms with Gasteiger partial charge in [0.1, 0.15) is 0 Å². The summed E-state index contributed by atoms with van der Waals surface area (Å²) in [4.78, 5) is 2.33. The third-order valence-electron chi connectivity index (χ3n) is 3.16. The van der Waals surface area contributed by atoms with Gasteiger partial charge in [0.05, 0.1) is 5.69 Å². The predicted octanol–water partition coefficient (Wildman–Crippen LogP) is 2.75. The van der Waals surface area contributed by atoms with Crippen molar-refractivity contribution in [1.29, 1.82) is 0 Å². The van der Waals surface area contributed by atoms with Crippen molar-refractivity contribution in [3.63, 3.8) is 0 Å². The maximum Gasteiger partial charge on any atom is 0.151 e. The maximum atomic E-state index is 5.70. The van der Waals surface area contributed by atoms with E-state index in [1.165, 1.54) is 32.2 Å². The largest absolute Gasteiger partial charge is 0.300 e. The fourth-order valence-corrected chi connectivity index (χ4v) is 2.50. The van der Waals surface area contributed by atoms with Crippen LogP contribution in [0.4, 0.5) is 0 Å². The Morgan fingerprint density at radius 2 is 2.06 bits per heavy atom. The van der Waals surface area contributed by atoms with Crippen LogP contribution >= 0.6 is 11.6 Å². The van der Waals surface area contributed by atoms with E-state index in [4.69, 9.17) is 11.6 Å². The van der Waals surface area contributed by atoms with Gasteiger partial charge < -0.3 is 4.90 Å². The first kappa shape index (κ1) is 11.8. The zero-order valence-corrected chi connectivity index (χ0v) is 10.5. The minimum absolute atomic E-state index is 0.460. The second-order valence-corrected chi connectivity index (χ2v) is 5.08. The molecule has 16 heavy (non-hydrogen) atoms. The van der Waals surface area contributed by atoms with Crippen molar-refractivity contribution in [2.75, 3.05) is 13.6 Å². The summed E-state index contributed by atoms with van der Waals surface area (Å²) < 4.78 is 0. The minimum Gasteiger partial charge on any atom is -0.300 e. The van der Waals surface area contributed by atoms with Crippen molar-refractivity contribution in [1.82, 2.24) is 15.1 Å². The van der Waals surface area contributed by atoms with Crippen LogP contribution in [0.2, 0.25) is 5.15 Å². The standard InChI is InChI=1S/C12H18ClN3/c1-16(8-10-4-2-3-5-10)9-11-6-7-12(13)15-14-11/h6-7,10H,2-5,8-9H2,1H3. The molecule has 0 spiro atoms. The van der Waals surface area contributed by atoms with Crippen molar-refractivity contribution < 1.29 is 0 Å². The molecule has 0 unspecified atom stereocenters. The van der Waals surface area contributed by atoms with E-state index >= 15 is 0 Å². The Morgan fingerprint density at radius 1 is 1.31 bits per heavy atom. The second-order valence-electron chi connectivity index (χ2n) is 4.69. The third-order valence-corrected chi connectivity index (χ3v) is 3.37. The van der Waals surface area contributed by atoms with Gasteiger partial charge in [0.25, 0.3) is 0 Å². The molecule has 0 atom stereocenters. The topological polar surface area (TPSA) is 29.0 Å². The van der Waals surface area contributed by atoms with Crippen LogP contribution < -0.4 is 0 Å². The normalized spacial score (nSPS) is 17.2. The zero-order valence-electron chi connectivity index (χ0n) is 9.69. The Bertz CT molecular complexity index is 320. The summed E-state index contributed by atoms with van der Waals surface area (Å²) in [7, 11) is 2.15. The number of aromatic nitrogens is 2. The number of hydrogen-bond acceptors (Lipinski definition) is 3. The lowest BCUT2D eigenvalue weighted by Gasteiger charge is -2.19. The molecule has 1 fully saturated rings. The van der Waals surface area contributed by atoms with Gasteiger partial charge in [0, 0.05) is 13.1 Å². The van der Waals surface area contributed by atoms with E-state index < -0.39 is 0 Å². The third kappa shape index (κ3) is 3.42. The van der Waals surface area contributed by atoms with Gasteiger partial charge in [-0.25, -0.2) is 0 Å². The SMILES string of the molecule is CN(Cc1ccc(Cl)nn1)CC1CCCC1. The van der Waals surface area contributed by atoms with E-state index in [-0.39, 0.29) is 0 Å². The molecule has 1 aromatic heterocycles. The molecule has 0 aromatic carbocycles. The molecule has 1 aliphatic carbocycles. The summed E-state index contributed by atoms with van der Waals surface area (Å²) in [5.74, 6) is 0.880. The van der Waals surface area contributed by atoms with E-state index in [9.17, 15) is 0 Å². The maximum absolute atomic E-state index is 5.70. The first-order valence-electron chi connectivity index (χ1n) is 5.90. The number of nitrogens with zero attached hydrogens (tertiary/aromatic N) is 3. The van der Waals surface area contributed by atoms with E-state index in [0.29, 0.717) is 5.15 Å². The molecular formula is C12H18ClN3. The molecule has 0 N–H and O–H groups in total. The first-order chi connectivity index (χ1) is 7.74. The molecule has 0 aliphatic heterocycles. The lowest BCUT2D eigenvalue weighted by atomic mass is 10.1. The van der Waals surface area contributed by atoms with Crippen LogP contribution in [0.3, 0.4) is 0 Å². The number of hydrogen-bond donors (Lipinski definition) is 0. The Labute approximate surface area is 102 Å². The summed E-state index contributed by atoms with van der Waals surface area (Å²) in [6.45, 7) is 2.03. The molecule has 1 saturated carbocycles. The monoisotopic (exact) mass is 239 g/mol. The summed E-state index contributed by atoms with van der Waals surface area (Å²) in [6, 6.07) is 3.74. The fraction of sp³-hybridized carbons (Fsp3) is 0.667. The number of halogens is 1. The Morgan fingerprint density at radius 3 is 2.69 bits per heavy atom. The molecule has 88 valence electrons. The predicted molar refractivity (Wildman–Crippen MR) is 65.3 cm³/mol. The van der Waals surface area contributed by atoms with Crippen molar-refractivity contribution in [3.8, 4) is 0 Å². The lowest BCUT2D eigenvalue weighted by molar-refractivity contribution is 0.267. The van der Waals surface area contributed by atoms with Crippen LogP contribution in [0.25, 0.3) is 0 Å². The molecule has 0 bridgehead atoms. The van der Waals surface area contributed by atoms with E-state index in [2.05, 4.69) is 22.1 Å². The highest BCUT2D eigenvalue weighted by Gasteiger charge is 2.16. The molecule has 0 amide bonds.